The van der Waals surface area contributed by atoms with Crippen LogP contribution in [0, 0.1) is 0 Å². The topological polar surface area (TPSA) is 154 Å². The fourth-order valence-electron chi connectivity index (χ4n) is 4.76. The van der Waals surface area contributed by atoms with Crippen LogP contribution >= 0.6 is 12.2 Å². The summed E-state index contributed by atoms with van der Waals surface area (Å²) in [7, 11) is 0. The van der Waals surface area contributed by atoms with Crippen molar-refractivity contribution in [1.82, 2.24) is 19.6 Å². The van der Waals surface area contributed by atoms with Gasteiger partial charge in [0, 0.05) is 5.69 Å². The van der Waals surface area contributed by atoms with Crippen LogP contribution in [0.1, 0.15) is 18.9 Å². The Labute approximate surface area is 256 Å². The molecule has 0 amide bonds. The number of anilines is 1. The van der Waals surface area contributed by atoms with Crippen molar-refractivity contribution < 1.29 is 34.5 Å². The predicted molar refractivity (Wildman–Crippen MR) is 160 cm³/mol. The van der Waals surface area contributed by atoms with Gasteiger partial charge in [0.25, 0.3) is 0 Å². The maximum absolute atomic E-state index is 12.5. The Morgan fingerprint density at radius 1 is 0.829 bits per heavy atom. The third kappa shape index (κ3) is 13.9. The molecule has 0 saturated carbocycles. The molecule has 1 aliphatic rings. The Balaban J connectivity index is 2.23. The van der Waals surface area contributed by atoms with E-state index < -0.39 is 23.9 Å². The maximum atomic E-state index is 12.5. The Kier molecular flexibility index (Phi) is 15.5. The molecule has 0 bridgehead atoms. The van der Waals surface area contributed by atoms with E-state index in [2.05, 4.69) is 5.32 Å². The van der Waals surface area contributed by atoms with Crippen LogP contribution in [0.5, 0.6) is 0 Å². The van der Waals surface area contributed by atoms with Crippen molar-refractivity contribution in [3.05, 3.63) is 29.8 Å². The van der Waals surface area contributed by atoms with Crippen LogP contribution in [-0.4, -0.2) is 160 Å². The number of nitrogens with zero attached hydrogens (tertiary/aromatic N) is 4. The van der Waals surface area contributed by atoms with Crippen LogP contribution in [0.25, 0.3) is 0 Å². The molecule has 1 atom stereocenters. The molecule has 4 N–H and O–H groups in total. The van der Waals surface area contributed by atoms with Crippen molar-refractivity contribution >= 4 is 65.2 Å². The zero-order valence-electron chi connectivity index (χ0n) is 23.5. The van der Waals surface area contributed by atoms with E-state index in [9.17, 15) is 34.5 Å². The van der Waals surface area contributed by atoms with Crippen LogP contribution in [0.2, 0.25) is 4.98 Å². The van der Waals surface area contributed by atoms with Gasteiger partial charge in [0.2, 0.25) is 0 Å². The van der Waals surface area contributed by atoms with E-state index in [0.29, 0.717) is 75.2 Å². The first-order chi connectivity index (χ1) is 19.5. The summed E-state index contributed by atoms with van der Waals surface area (Å²) >= 11 is 6.40. The Morgan fingerprint density at radius 3 is 1.71 bits per heavy atom. The minimum Gasteiger partial charge on any atom is -0.0383 e. The van der Waals surface area contributed by atoms with E-state index in [0.717, 1.165) is 11.3 Å². The molecule has 224 valence electrons. The first kappa shape index (κ1) is 34.9. The monoisotopic (exact) mass is 647 g/mol. The van der Waals surface area contributed by atoms with Crippen LogP contribution in [0.15, 0.2) is 24.3 Å². The number of nitrogens with one attached hydrogen (secondary N) is 1. The quantitative estimate of drug-likeness (QED) is 0.172. The zero-order valence-corrected chi connectivity index (χ0v) is 26.8. The van der Waals surface area contributed by atoms with Gasteiger partial charge in [-0.3, -0.25) is 4.79 Å². The molecule has 2 radical (unpaired) electrons. The van der Waals surface area contributed by atoms with Crippen molar-refractivity contribution in [1.29, 1.82) is 0 Å². The Hall–Kier alpha value is -2.33. The third-order valence-electron chi connectivity index (χ3n) is 6.92. The van der Waals surface area contributed by atoms with Crippen LogP contribution in [0.4, 0.5) is 5.69 Å². The van der Waals surface area contributed by atoms with E-state index in [1.165, 1.54) is 18.6 Å². The van der Waals surface area contributed by atoms with Gasteiger partial charge in [0.15, 0.2) is 0 Å². The van der Waals surface area contributed by atoms with Gasteiger partial charge >= 0.3 is 200 Å². The van der Waals surface area contributed by atoms with Crippen LogP contribution < -0.4 is 5.32 Å². The molecule has 1 aromatic rings. The van der Waals surface area contributed by atoms with Gasteiger partial charge in [-0.2, -0.15) is 0 Å². The molecule has 0 aliphatic carbocycles. The van der Waals surface area contributed by atoms with Gasteiger partial charge in [0.1, 0.15) is 0 Å². The number of carbonyl (C=O) groups excluding carboxylic acids is 1. The normalized spacial score (nSPS) is 17.6. The second-order valence-electron chi connectivity index (χ2n) is 10.2. The smallest absolute Gasteiger partial charge is 0.0383 e. The summed E-state index contributed by atoms with van der Waals surface area (Å²) in [5.74, 6) is -2.85. The summed E-state index contributed by atoms with van der Waals surface area (Å²) in [6.45, 7) is 4.53. The molecule has 12 nitrogen and oxygen atoms in total. The molecule has 0 aromatic heterocycles. The van der Waals surface area contributed by atoms with Gasteiger partial charge in [0.05, 0.1) is 4.99 Å². The molecular formula is C27H40GaN5O7S. The number of carboxylic acids is 3. The number of hydrogen-bond donors (Lipinski definition) is 4. The van der Waals surface area contributed by atoms with E-state index in [4.69, 9.17) is 12.2 Å². The number of Topliss-reactive ketones (excluding diaryl/α,β-unsaturated/α-hetero) is 1. The number of ketones is 1. The third-order valence-corrected chi connectivity index (χ3v) is 7.98. The summed E-state index contributed by atoms with van der Waals surface area (Å²) in [5, 5.41) is 32.1. The van der Waals surface area contributed by atoms with Crippen molar-refractivity contribution in [3.8, 4) is 0 Å². The fourth-order valence-corrected chi connectivity index (χ4v) is 5.15. The van der Waals surface area contributed by atoms with Crippen molar-refractivity contribution in [2.24, 2.45) is 0 Å². The van der Waals surface area contributed by atoms with Crippen molar-refractivity contribution in [2.75, 3.05) is 77.3 Å². The summed E-state index contributed by atoms with van der Waals surface area (Å²) in [6, 6.07) is 6.87. The average Bonchev–Trinajstić information content (AvgIpc) is 2.89. The molecule has 0 spiro atoms. The van der Waals surface area contributed by atoms with E-state index >= 15 is 0 Å². The molecule has 1 aliphatic heterocycles. The van der Waals surface area contributed by atoms with Gasteiger partial charge in [-0.15, -0.1) is 0 Å². The van der Waals surface area contributed by atoms with E-state index in [1.54, 1.807) is 16.7 Å². The van der Waals surface area contributed by atoms with Crippen LogP contribution in [0.3, 0.4) is 0 Å². The van der Waals surface area contributed by atoms with Gasteiger partial charge < -0.3 is 10.4 Å². The predicted octanol–water partition coefficient (Wildman–Crippen LogP) is 0.378. The molecule has 1 aromatic carbocycles. The van der Waals surface area contributed by atoms with Gasteiger partial charge in [-0.1, -0.05) is 12.2 Å². The molecule has 41 heavy (non-hydrogen) atoms. The van der Waals surface area contributed by atoms with Crippen molar-refractivity contribution in [2.45, 2.75) is 30.8 Å². The van der Waals surface area contributed by atoms with Crippen LogP contribution in [-0.2, 0) is 25.6 Å². The SMILES string of the molecule is CC(=S)Nc1ccc(CCC(C(=O)O)N2CCN(CC(=O)O)CCN(CC(=O)O)CCN(CC(=O)[CH2][Ga])CC2)cc1. The molecule has 1 fully saturated rings. The molecule has 1 saturated heterocycles. The second-order valence-corrected chi connectivity index (χ2v) is 11.6. The number of aryl methyl sites for hydroxylation is 1. The number of hydrogen-bond acceptors (Lipinski definition) is 9. The number of thiocarbonyl (C=S) groups is 1. The molecule has 14 heteroatoms. The molecule has 1 heterocycles. The fraction of sp³-hybridized carbons (Fsp3) is 0.593. The summed E-state index contributed by atoms with van der Waals surface area (Å²) in [6.07, 6.45) is 0.892. The van der Waals surface area contributed by atoms with Crippen molar-refractivity contribution in [3.63, 3.8) is 0 Å². The summed E-state index contributed by atoms with van der Waals surface area (Å²) < 4.78 is 0. The van der Waals surface area contributed by atoms with E-state index in [1.807, 2.05) is 34.1 Å². The summed E-state index contributed by atoms with van der Waals surface area (Å²) in [4.78, 5) is 56.1. The minimum atomic E-state index is -1.00. The number of carboxylic acid groups (broad SMARTS) is 3. The van der Waals surface area contributed by atoms with Gasteiger partial charge in [-0.25, -0.2) is 0 Å². The number of aliphatic carboxylic acids is 3. The zero-order chi connectivity index (χ0) is 30.4. The first-order valence-corrected chi connectivity index (χ1v) is 15.7. The number of rotatable bonds is 13. The molecule has 1 unspecified atom stereocenters. The van der Waals surface area contributed by atoms with E-state index in [-0.39, 0.29) is 25.4 Å². The standard InChI is InChI=1S/C27H40N5O7S.Ga/c1-20(33)17-29-9-10-30(18-25(34)35)11-12-31(19-26(36)37)14-16-32(15-13-29)24(27(38)39)8-5-22-3-6-23(7-4-22)28-21(2)40;/h3-4,6-7,24H,1,5,8-19H2,2H3,(H,28,40)(H,34,35)(H,36,37)(H,38,39);. The number of carbonyl (C=O) groups is 4. The Bertz CT molecular complexity index is 1050. The average molecular weight is 648 g/mol. The summed E-state index contributed by atoms with van der Waals surface area (Å²) in [5.41, 5.74) is 1.85. The second kappa shape index (κ2) is 18.3. The molecular weight excluding hydrogens is 608 g/mol. The van der Waals surface area contributed by atoms with Gasteiger partial charge in [-0.05, 0) is 19.1 Å². The minimum absolute atomic E-state index is 0.0811. The number of benzene rings is 1. The first-order valence-electron chi connectivity index (χ1n) is 13.6. The molecule has 2 rings (SSSR count). The Morgan fingerprint density at radius 2 is 1.29 bits per heavy atom.